The number of fused-ring (bicyclic) bond motifs is 1. The first-order chi connectivity index (χ1) is 13.6. The quantitative estimate of drug-likeness (QED) is 0.474. The van der Waals surface area contributed by atoms with Crippen LogP contribution in [0.25, 0.3) is 10.2 Å². The molecule has 3 heterocycles. The van der Waals surface area contributed by atoms with E-state index in [2.05, 4.69) is 21.4 Å². The molecule has 0 aromatic carbocycles. The zero-order valence-electron chi connectivity index (χ0n) is 16.2. The average Bonchev–Trinajstić information content (AvgIpc) is 3.30. The molecule has 0 unspecified atom stereocenters. The van der Waals surface area contributed by atoms with Crippen LogP contribution in [0.15, 0.2) is 9.59 Å². The van der Waals surface area contributed by atoms with Crippen LogP contribution in [-0.2, 0) is 28.7 Å². The van der Waals surface area contributed by atoms with E-state index < -0.39 is 14.8 Å². The summed E-state index contributed by atoms with van der Waals surface area (Å²) in [6.45, 7) is 5.90. The molecule has 12 heteroatoms. The molecule has 0 atom stereocenters. The van der Waals surface area contributed by atoms with Crippen molar-refractivity contribution in [2.24, 2.45) is 13.0 Å². The third kappa shape index (κ3) is 5.44. The highest BCUT2D eigenvalue weighted by molar-refractivity contribution is 8.26. The van der Waals surface area contributed by atoms with Crippen molar-refractivity contribution in [1.82, 2.24) is 14.0 Å². The van der Waals surface area contributed by atoms with Crippen molar-refractivity contribution < 1.29 is 9.00 Å². The van der Waals surface area contributed by atoms with Crippen LogP contribution in [0.3, 0.4) is 0 Å². The summed E-state index contributed by atoms with van der Waals surface area (Å²) in [6.07, 6.45) is 1.94. The van der Waals surface area contributed by atoms with Gasteiger partial charge in [-0.05, 0) is 18.8 Å². The molecule has 3 rings (SSSR count). The number of likely N-dealkylation sites (tertiary alicyclic amines) is 1. The Morgan fingerprint density at radius 3 is 2.24 bits per heavy atom. The number of alkyl halides is 1. The number of nitrogens with zero attached hydrogens (tertiary/aromatic N) is 3. The number of rotatable bonds is 4. The summed E-state index contributed by atoms with van der Waals surface area (Å²) in [7, 11) is 8.82. The number of hydrogen-bond acceptors (Lipinski definition) is 5. The molecule has 29 heavy (non-hydrogen) atoms. The SMILES string of the molecule is CC(C)Cn1c(=O)n(C)c(=O)c2c(C(=O)N3CCCC3)c(CCl)sc21.O=S(Cl)Cl. The second-order valence-electron chi connectivity index (χ2n) is 7.05. The summed E-state index contributed by atoms with van der Waals surface area (Å²) in [5.74, 6) is 0.233. The lowest BCUT2D eigenvalue weighted by molar-refractivity contribution is 0.0794. The van der Waals surface area contributed by atoms with Gasteiger partial charge >= 0.3 is 5.69 Å². The summed E-state index contributed by atoms with van der Waals surface area (Å²) in [5.41, 5.74) is -0.390. The average molecular weight is 503 g/mol. The standard InChI is InChI=1S/C17H22ClN3O3S.Cl2OS/c1-10(2)9-21-16-13(14(22)19(3)17(21)24)12(11(8-18)25-16)15(23)20-6-4-5-7-20;1-4(2)3/h10H,4-9H2,1-3H3;. The van der Waals surface area contributed by atoms with Crippen molar-refractivity contribution in [2.45, 2.75) is 39.1 Å². The van der Waals surface area contributed by atoms with Gasteiger partial charge in [0.25, 0.3) is 11.5 Å². The summed E-state index contributed by atoms with van der Waals surface area (Å²) in [5, 5.41) is 0.334. The summed E-state index contributed by atoms with van der Waals surface area (Å²) < 4.78 is 11.8. The van der Waals surface area contributed by atoms with Gasteiger partial charge in [-0.1, -0.05) is 13.8 Å². The second-order valence-corrected chi connectivity index (χ2v) is 10.9. The first kappa shape index (κ1) is 24.4. The Hall–Kier alpha value is -0.870. The lowest BCUT2D eigenvalue weighted by Crippen LogP contribution is -2.39. The summed E-state index contributed by atoms with van der Waals surface area (Å²) in [6, 6.07) is 0. The maximum absolute atomic E-state index is 13.0. The van der Waals surface area contributed by atoms with E-state index in [-0.39, 0.29) is 23.4 Å². The molecule has 0 N–H and O–H groups in total. The molecule has 1 amide bonds. The number of halogens is 3. The topological polar surface area (TPSA) is 81.4 Å². The van der Waals surface area contributed by atoms with Gasteiger partial charge < -0.3 is 4.90 Å². The summed E-state index contributed by atoms with van der Waals surface area (Å²) >= 11 is 7.37. The van der Waals surface area contributed by atoms with Gasteiger partial charge in [0.1, 0.15) is 4.83 Å². The molecule has 1 aliphatic rings. The van der Waals surface area contributed by atoms with E-state index in [1.165, 1.54) is 18.4 Å². The zero-order chi connectivity index (χ0) is 21.9. The molecule has 0 spiro atoms. The van der Waals surface area contributed by atoms with E-state index in [1.54, 1.807) is 9.47 Å². The van der Waals surface area contributed by atoms with Gasteiger partial charge in [-0.15, -0.1) is 22.9 Å². The Bertz CT molecular complexity index is 1040. The van der Waals surface area contributed by atoms with Crippen LogP contribution in [0.2, 0.25) is 0 Å². The van der Waals surface area contributed by atoms with Gasteiger partial charge in [0, 0.05) is 52.9 Å². The molecule has 2 aromatic heterocycles. The molecule has 1 saturated heterocycles. The normalized spacial score (nSPS) is 14.0. The first-order valence-electron chi connectivity index (χ1n) is 8.94. The largest absolute Gasteiger partial charge is 0.339 e. The van der Waals surface area contributed by atoms with E-state index in [0.29, 0.717) is 40.3 Å². The van der Waals surface area contributed by atoms with Crippen molar-refractivity contribution >= 4 is 69.7 Å². The molecular weight excluding hydrogens is 481 g/mol. The van der Waals surface area contributed by atoms with E-state index in [0.717, 1.165) is 17.4 Å². The molecule has 1 fully saturated rings. The van der Waals surface area contributed by atoms with Crippen LogP contribution in [0.5, 0.6) is 0 Å². The predicted octanol–water partition coefficient (Wildman–Crippen LogP) is 3.44. The lowest BCUT2D eigenvalue weighted by atomic mass is 10.1. The number of amides is 1. The summed E-state index contributed by atoms with van der Waals surface area (Å²) in [4.78, 5) is 41.4. The van der Waals surface area contributed by atoms with Crippen molar-refractivity contribution in [3.05, 3.63) is 31.3 Å². The van der Waals surface area contributed by atoms with Gasteiger partial charge in [-0.25, -0.2) is 9.00 Å². The third-order valence-electron chi connectivity index (χ3n) is 4.52. The monoisotopic (exact) mass is 501 g/mol. The Morgan fingerprint density at radius 2 is 1.76 bits per heavy atom. The lowest BCUT2D eigenvalue weighted by Gasteiger charge is -2.16. The fraction of sp³-hybridized carbons (Fsp3) is 0.588. The maximum Gasteiger partial charge on any atom is 0.331 e. The number of carbonyl (C=O) groups excluding carboxylic acids is 1. The van der Waals surface area contributed by atoms with Crippen molar-refractivity contribution in [3.63, 3.8) is 0 Å². The van der Waals surface area contributed by atoms with Crippen LogP contribution in [0.1, 0.15) is 41.9 Å². The maximum atomic E-state index is 13.0. The molecule has 0 bridgehead atoms. The Kier molecular flexibility index (Phi) is 8.78. The molecule has 162 valence electrons. The highest BCUT2D eigenvalue weighted by atomic mass is 36.0. The minimum Gasteiger partial charge on any atom is -0.339 e. The molecule has 2 aromatic rings. The molecule has 1 aliphatic heterocycles. The molecule has 0 radical (unpaired) electrons. The fourth-order valence-electron chi connectivity index (χ4n) is 3.30. The van der Waals surface area contributed by atoms with Gasteiger partial charge in [0.2, 0.25) is 9.23 Å². The van der Waals surface area contributed by atoms with Crippen LogP contribution in [-0.4, -0.2) is 37.2 Å². The van der Waals surface area contributed by atoms with Gasteiger partial charge in [0.05, 0.1) is 16.8 Å². The third-order valence-corrected chi connectivity index (χ3v) is 6.16. The van der Waals surface area contributed by atoms with E-state index in [1.807, 2.05) is 13.8 Å². The Labute approximate surface area is 188 Å². The number of carbonyl (C=O) groups is 1. The fourth-order valence-corrected chi connectivity index (χ4v) is 4.73. The van der Waals surface area contributed by atoms with Gasteiger partial charge in [-0.2, -0.15) is 0 Å². The van der Waals surface area contributed by atoms with Gasteiger partial charge in [0.15, 0.2) is 0 Å². The van der Waals surface area contributed by atoms with Crippen molar-refractivity contribution in [2.75, 3.05) is 13.1 Å². The van der Waals surface area contributed by atoms with Crippen molar-refractivity contribution in [3.8, 4) is 0 Å². The van der Waals surface area contributed by atoms with E-state index in [4.69, 9.17) is 15.8 Å². The molecular formula is C17H22Cl3N3O4S2. The highest BCUT2D eigenvalue weighted by Crippen LogP contribution is 2.32. The van der Waals surface area contributed by atoms with Crippen LogP contribution in [0.4, 0.5) is 0 Å². The first-order valence-corrected chi connectivity index (χ1v) is 13.1. The second kappa shape index (κ2) is 10.4. The Balaban J connectivity index is 0.000000687. The van der Waals surface area contributed by atoms with E-state index in [9.17, 15) is 14.4 Å². The van der Waals surface area contributed by atoms with E-state index >= 15 is 0 Å². The molecule has 0 saturated carbocycles. The predicted molar refractivity (Wildman–Crippen MR) is 121 cm³/mol. The van der Waals surface area contributed by atoms with Crippen LogP contribution in [0, 0.1) is 5.92 Å². The number of hydrogen-bond donors (Lipinski definition) is 0. The Morgan fingerprint density at radius 1 is 1.21 bits per heavy atom. The number of thiophene rings is 1. The minimum atomic E-state index is -1.67. The van der Waals surface area contributed by atoms with Crippen LogP contribution >= 0.6 is 44.3 Å². The molecule has 7 nitrogen and oxygen atoms in total. The zero-order valence-corrected chi connectivity index (χ0v) is 20.1. The smallest absolute Gasteiger partial charge is 0.331 e. The van der Waals surface area contributed by atoms with Crippen LogP contribution < -0.4 is 11.2 Å². The molecule has 0 aliphatic carbocycles. The minimum absolute atomic E-state index is 0.146. The van der Waals surface area contributed by atoms with Crippen molar-refractivity contribution in [1.29, 1.82) is 0 Å². The number of aromatic nitrogens is 2. The highest BCUT2D eigenvalue weighted by Gasteiger charge is 2.29. The van der Waals surface area contributed by atoms with Gasteiger partial charge in [-0.3, -0.25) is 18.7 Å².